The fraction of sp³-hybridized carbons (Fsp3) is 0.190. The van der Waals surface area contributed by atoms with Crippen LogP contribution in [-0.2, 0) is 9.59 Å². The summed E-state index contributed by atoms with van der Waals surface area (Å²) in [6, 6.07) is 9.50. The molecule has 2 amide bonds. The number of carbonyl (C=O) groups is 2. The zero-order valence-corrected chi connectivity index (χ0v) is 17.7. The first-order chi connectivity index (χ1) is 14.3. The van der Waals surface area contributed by atoms with E-state index in [0.717, 1.165) is 4.90 Å². The summed E-state index contributed by atoms with van der Waals surface area (Å²) >= 11 is 3.31. The van der Waals surface area contributed by atoms with Gasteiger partial charge in [-0.05, 0) is 59.1 Å². The molecule has 2 aromatic rings. The molecule has 0 aliphatic carbocycles. The number of rotatable bonds is 5. The lowest BCUT2D eigenvalue weighted by atomic mass is 9.94. The number of nitriles is 1. The Bertz CT molecular complexity index is 1170. The summed E-state index contributed by atoms with van der Waals surface area (Å²) in [6.07, 6.45) is 2.06. The van der Waals surface area contributed by atoms with Crippen LogP contribution in [0.2, 0.25) is 0 Å². The maximum Gasteiger partial charge on any atom is 0.271 e. The van der Waals surface area contributed by atoms with Crippen molar-refractivity contribution < 1.29 is 18.9 Å². The number of furan rings is 1. The Morgan fingerprint density at radius 1 is 1.27 bits per heavy atom. The number of non-ortho nitro benzene ring substituents is 1. The Labute approximate surface area is 180 Å². The van der Waals surface area contributed by atoms with Gasteiger partial charge < -0.3 is 4.42 Å². The lowest BCUT2D eigenvalue weighted by Gasteiger charge is -2.26. The molecule has 1 aromatic heterocycles. The van der Waals surface area contributed by atoms with E-state index in [1.807, 2.05) is 13.0 Å². The fourth-order valence-electron chi connectivity index (χ4n) is 3.09. The van der Waals surface area contributed by atoms with Gasteiger partial charge in [-0.25, -0.2) is 0 Å². The van der Waals surface area contributed by atoms with Gasteiger partial charge in [0.15, 0.2) is 0 Å². The minimum Gasteiger partial charge on any atom is -0.457 e. The molecule has 0 saturated heterocycles. The van der Waals surface area contributed by atoms with Crippen LogP contribution in [0.1, 0.15) is 26.0 Å². The smallest absolute Gasteiger partial charge is 0.271 e. The van der Waals surface area contributed by atoms with Gasteiger partial charge >= 0.3 is 0 Å². The average Bonchev–Trinajstić information content (AvgIpc) is 3.17. The molecule has 8 nitrogen and oxygen atoms in total. The van der Waals surface area contributed by atoms with Crippen LogP contribution in [0.4, 0.5) is 5.69 Å². The van der Waals surface area contributed by atoms with Gasteiger partial charge in [0.2, 0.25) is 0 Å². The summed E-state index contributed by atoms with van der Waals surface area (Å²) in [6.45, 7) is 3.61. The zero-order chi connectivity index (χ0) is 22.0. The first-order valence-corrected chi connectivity index (χ1v) is 9.81. The number of nitro groups is 1. The second-order valence-corrected chi connectivity index (χ2v) is 7.41. The molecule has 0 unspecified atom stereocenters. The average molecular weight is 470 g/mol. The van der Waals surface area contributed by atoms with Crippen molar-refractivity contribution in [1.82, 2.24) is 4.90 Å². The van der Waals surface area contributed by atoms with Gasteiger partial charge in [0.1, 0.15) is 23.2 Å². The third kappa shape index (κ3) is 3.82. The van der Waals surface area contributed by atoms with Crippen LogP contribution in [0.15, 0.2) is 55.9 Å². The third-order valence-electron chi connectivity index (χ3n) is 4.61. The van der Waals surface area contributed by atoms with E-state index in [1.54, 1.807) is 25.1 Å². The van der Waals surface area contributed by atoms with Crippen molar-refractivity contribution in [3.05, 3.63) is 67.4 Å². The Balaban J connectivity index is 2.02. The maximum absolute atomic E-state index is 12.8. The molecule has 9 heteroatoms. The molecule has 1 aliphatic rings. The Morgan fingerprint density at radius 3 is 2.60 bits per heavy atom. The molecule has 3 rings (SSSR count). The lowest BCUT2D eigenvalue weighted by Crippen LogP contribution is -2.43. The number of halogens is 1. The highest BCUT2D eigenvalue weighted by atomic mass is 79.9. The number of nitro benzene ring substituents is 1. The van der Waals surface area contributed by atoms with Gasteiger partial charge in [-0.2, -0.15) is 5.26 Å². The van der Waals surface area contributed by atoms with Gasteiger partial charge in [-0.15, -0.1) is 0 Å². The number of amides is 2. The van der Waals surface area contributed by atoms with Crippen molar-refractivity contribution in [1.29, 1.82) is 5.26 Å². The maximum atomic E-state index is 12.8. The van der Waals surface area contributed by atoms with Crippen LogP contribution < -0.4 is 0 Å². The van der Waals surface area contributed by atoms with Crippen LogP contribution in [0, 0.1) is 21.4 Å². The molecule has 30 heavy (non-hydrogen) atoms. The normalized spacial score (nSPS) is 15.7. The molecule has 0 N–H and O–H groups in total. The second-order valence-electron chi connectivity index (χ2n) is 6.56. The zero-order valence-electron chi connectivity index (χ0n) is 16.1. The van der Waals surface area contributed by atoms with Gasteiger partial charge in [0.25, 0.3) is 17.5 Å². The van der Waals surface area contributed by atoms with Crippen molar-refractivity contribution >= 4 is 39.5 Å². The summed E-state index contributed by atoms with van der Waals surface area (Å²) in [5.74, 6) is -0.279. The van der Waals surface area contributed by atoms with Crippen molar-refractivity contribution in [2.45, 2.75) is 20.3 Å². The van der Waals surface area contributed by atoms with Crippen LogP contribution >= 0.6 is 15.9 Å². The first kappa shape index (κ1) is 21.2. The molecule has 0 atom stereocenters. The topological polar surface area (TPSA) is 117 Å². The van der Waals surface area contributed by atoms with E-state index in [2.05, 4.69) is 15.9 Å². The Hall–Kier alpha value is -3.51. The first-order valence-electron chi connectivity index (χ1n) is 9.01. The molecule has 152 valence electrons. The standard InChI is InChI=1S/C21H16BrN3O5/c1-3-8-24-20(26)16(12(2)17(11-23)21(24)27)10-14-5-7-19(30-14)15-6-4-13(25(28)29)9-18(15)22/h4-7,9-10H,3,8H2,1-2H3/b16-10+. The third-order valence-corrected chi connectivity index (χ3v) is 5.27. The summed E-state index contributed by atoms with van der Waals surface area (Å²) in [4.78, 5) is 36.7. The van der Waals surface area contributed by atoms with E-state index in [0.29, 0.717) is 33.6 Å². The van der Waals surface area contributed by atoms with Crippen molar-refractivity contribution in [3.63, 3.8) is 0 Å². The number of nitrogens with zero attached hydrogens (tertiary/aromatic N) is 3. The van der Waals surface area contributed by atoms with E-state index < -0.39 is 16.7 Å². The van der Waals surface area contributed by atoms with Crippen LogP contribution in [-0.4, -0.2) is 28.2 Å². The number of carbonyl (C=O) groups excluding carboxylic acids is 2. The van der Waals surface area contributed by atoms with Gasteiger partial charge in [0, 0.05) is 34.3 Å². The van der Waals surface area contributed by atoms with Crippen molar-refractivity contribution in [2.24, 2.45) is 0 Å². The molecular weight excluding hydrogens is 454 g/mol. The van der Waals surface area contributed by atoms with Crippen LogP contribution in [0.25, 0.3) is 17.4 Å². The molecule has 0 saturated carbocycles. The number of hydrogen-bond acceptors (Lipinski definition) is 6. The molecule has 1 aliphatic heterocycles. The largest absolute Gasteiger partial charge is 0.457 e. The molecule has 1 aromatic carbocycles. The van der Waals surface area contributed by atoms with E-state index >= 15 is 0 Å². The monoisotopic (exact) mass is 469 g/mol. The lowest BCUT2D eigenvalue weighted by molar-refractivity contribution is -0.384. The minimum absolute atomic E-state index is 0.0576. The Morgan fingerprint density at radius 2 is 2.00 bits per heavy atom. The second kappa shape index (κ2) is 8.47. The van der Waals surface area contributed by atoms with Crippen LogP contribution in [0.5, 0.6) is 0 Å². The molecule has 0 fully saturated rings. The molecule has 2 heterocycles. The number of benzene rings is 1. The van der Waals surface area contributed by atoms with E-state index in [1.165, 1.54) is 18.2 Å². The minimum atomic E-state index is -0.589. The fourth-order valence-corrected chi connectivity index (χ4v) is 3.65. The Kier molecular flexibility index (Phi) is 5.99. The van der Waals surface area contributed by atoms with E-state index in [4.69, 9.17) is 4.42 Å². The summed E-state index contributed by atoms with van der Waals surface area (Å²) < 4.78 is 6.29. The summed E-state index contributed by atoms with van der Waals surface area (Å²) in [5, 5.41) is 20.3. The van der Waals surface area contributed by atoms with Gasteiger partial charge in [-0.3, -0.25) is 24.6 Å². The molecule has 0 radical (unpaired) electrons. The molecule has 0 bridgehead atoms. The summed E-state index contributed by atoms with van der Waals surface area (Å²) in [5.41, 5.74) is 0.988. The number of hydrogen-bond donors (Lipinski definition) is 0. The predicted molar refractivity (Wildman–Crippen MR) is 112 cm³/mol. The van der Waals surface area contributed by atoms with E-state index in [-0.39, 0.29) is 23.4 Å². The number of imide groups is 1. The van der Waals surface area contributed by atoms with Crippen molar-refractivity contribution in [3.8, 4) is 17.4 Å². The SMILES string of the molecule is CCCN1C(=O)C(C#N)=C(C)/C(=C\c2ccc(-c3ccc([N+](=O)[O-])cc3Br)o2)C1=O. The molecule has 0 spiro atoms. The van der Waals surface area contributed by atoms with E-state index in [9.17, 15) is 25.0 Å². The predicted octanol–water partition coefficient (Wildman–Crippen LogP) is 4.62. The highest BCUT2D eigenvalue weighted by Crippen LogP contribution is 2.34. The molecular formula is C21H16BrN3O5. The quantitative estimate of drug-likeness (QED) is 0.272. The van der Waals surface area contributed by atoms with Crippen molar-refractivity contribution in [2.75, 3.05) is 6.54 Å². The highest BCUT2D eigenvalue weighted by Gasteiger charge is 2.35. The van der Waals surface area contributed by atoms with Gasteiger partial charge in [-0.1, -0.05) is 6.92 Å². The summed E-state index contributed by atoms with van der Waals surface area (Å²) in [7, 11) is 0. The van der Waals surface area contributed by atoms with Crippen LogP contribution in [0.3, 0.4) is 0 Å². The van der Waals surface area contributed by atoms with Gasteiger partial charge in [0.05, 0.1) is 4.92 Å². The highest BCUT2D eigenvalue weighted by molar-refractivity contribution is 9.10.